The molecule has 1 aliphatic heterocycles. The van der Waals surface area contributed by atoms with Gasteiger partial charge < -0.3 is 9.84 Å². The Bertz CT molecular complexity index is 306. The quantitative estimate of drug-likeness (QED) is 0.578. The Kier molecular flexibility index (Phi) is 2.71. The molecule has 2 aliphatic rings. The van der Waals surface area contributed by atoms with Gasteiger partial charge in [-0.05, 0) is 31.6 Å². The van der Waals surface area contributed by atoms with Crippen molar-refractivity contribution in [3.05, 3.63) is 12.2 Å². The van der Waals surface area contributed by atoms with E-state index in [2.05, 4.69) is 33.8 Å². The van der Waals surface area contributed by atoms with Gasteiger partial charge in [0.15, 0.2) is 0 Å². The first-order chi connectivity index (χ1) is 7.28. The predicted molar refractivity (Wildman–Crippen MR) is 65.2 cm³/mol. The molecule has 1 saturated carbocycles. The van der Waals surface area contributed by atoms with Crippen molar-refractivity contribution in [2.75, 3.05) is 0 Å². The third-order valence-corrected chi connectivity index (χ3v) is 4.82. The van der Waals surface area contributed by atoms with E-state index in [1.165, 1.54) is 6.42 Å². The number of ether oxygens (including phenoxy) is 1. The highest BCUT2D eigenvalue weighted by Crippen LogP contribution is 2.60. The summed E-state index contributed by atoms with van der Waals surface area (Å²) < 4.78 is 5.88. The van der Waals surface area contributed by atoms with Crippen LogP contribution in [-0.4, -0.2) is 22.9 Å². The standard InChI is InChI=1S/C14H24O2/c1-9-8-12-14(5,16-12)11(13(9,3)4)7-6-10(2)15/h6-7,9-12,15H,8H2,1-5H3/t9-,10+,11-,12-,14+/m1/s1. The maximum Gasteiger partial charge on any atom is 0.0987 e. The largest absolute Gasteiger partial charge is 0.389 e. The molecule has 0 amide bonds. The van der Waals surface area contributed by atoms with Crippen molar-refractivity contribution in [1.29, 1.82) is 0 Å². The van der Waals surface area contributed by atoms with Crippen molar-refractivity contribution >= 4 is 0 Å². The molecule has 0 radical (unpaired) electrons. The highest BCUT2D eigenvalue weighted by atomic mass is 16.6. The zero-order chi connectivity index (χ0) is 12.1. The minimum Gasteiger partial charge on any atom is -0.389 e. The van der Waals surface area contributed by atoms with E-state index in [1.54, 1.807) is 6.92 Å². The molecule has 1 aliphatic carbocycles. The van der Waals surface area contributed by atoms with Gasteiger partial charge in [0, 0.05) is 5.92 Å². The van der Waals surface area contributed by atoms with Gasteiger partial charge in [-0.1, -0.05) is 32.9 Å². The van der Waals surface area contributed by atoms with Crippen LogP contribution in [-0.2, 0) is 4.74 Å². The molecule has 1 heterocycles. The lowest BCUT2D eigenvalue weighted by atomic mass is 9.59. The number of hydrogen-bond donors (Lipinski definition) is 1. The summed E-state index contributed by atoms with van der Waals surface area (Å²) in [4.78, 5) is 0. The number of rotatable bonds is 2. The molecule has 0 aromatic heterocycles. The van der Waals surface area contributed by atoms with Crippen molar-refractivity contribution in [2.24, 2.45) is 17.3 Å². The molecule has 2 fully saturated rings. The van der Waals surface area contributed by atoms with Crippen LogP contribution in [0.5, 0.6) is 0 Å². The van der Waals surface area contributed by atoms with Gasteiger partial charge in [-0.15, -0.1) is 0 Å². The van der Waals surface area contributed by atoms with Crippen LogP contribution in [0.15, 0.2) is 12.2 Å². The van der Waals surface area contributed by atoms with Crippen molar-refractivity contribution in [2.45, 2.75) is 58.8 Å². The topological polar surface area (TPSA) is 32.8 Å². The molecular formula is C14H24O2. The van der Waals surface area contributed by atoms with Crippen LogP contribution in [0.4, 0.5) is 0 Å². The first-order valence-electron chi connectivity index (χ1n) is 6.32. The van der Waals surface area contributed by atoms with E-state index in [0.29, 0.717) is 17.9 Å². The molecule has 1 saturated heterocycles. The number of aliphatic hydroxyl groups is 1. The Morgan fingerprint density at radius 1 is 1.38 bits per heavy atom. The second-order valence-electron chi connectivity index (χ2n) is 6.35. The van der Waals surface area contributed by atoms with Gasteiger partial charge in [0.1, 0.15) is 0 Å². The maximum atomic E-state index is 9.38. The van der Waals surface area contributed by atoms with Gasteiger partial charge in [-0.25, -0.2) is 0 Å². The van der Waals surface area contributed by atoms with Crippen LogP contribution >= 0.6 is 0 Å². The van der Waals surface area contributed by atoms with Crippen molar-refractivity contribution in [3.8, 4) is 0 Å². The van der Waals surface area contributed by atoms with E-state index in [4.69, 9.17) is 4.74 Å². The molecule has 1 N–H and O–H groups in total. The lowest BCUT2D eigenvalue weighted by Crippen LogP contribution is -2.44. The monoisotopic (exact) mass is 224 g/mol. The summed E-state index contributed by atoms with van der Waals surface area (Å²) in [5.74, 6) is 1.07. The minimum absolute atomic E-state index is 0.0153. The molecule has 0 spiro atoms. The number of epoxide rings is 1. The summed E-state index contributed by atoms with van der Waals surface area (Å²) >= 11 is 0. The summed E-state index contributed by atoms with van der Waals surface area (Å²) in [6, 6.07) is 0. The normalized spacial score (nSPS) is 47.8. The number of fused-ring (bicyclic) bond motifs is 1. The van der Waals surface area contributed by atoms with Gasteiger partial charge in [0.2, 0.25) is 0 Å². The molecular weight excluding hydrogens is 200 g/mol. The predicted octanol–water partition coefficient (Wildman–Crippen LogP) is 2.76. The van der Waals surface area contributed by atoms with Crippen molar-refractivity contribution in [3.63, 3.8) is 0 Å². The Labute approximate surface area is 98.7 Å². The smallest absolute Gasteiger partial charge is 0.0987 e. The first kappa shape index (κ1) is 12.1. The van der Waals surface area contributed by atoms with Gasteiger partial charge in [-0.3, -0.25) is 0 Å². The Morgan fingerprint density at radius 3 is 2.56 bits per heavy atom. The average Bonchev–Trinajstić information content (AvgIpc) is 2.75. The molecule has 0 unspecified atom stereocenters. The molecule has 0 bridgehead atoms. The van der Waals surface area contributed by atoms with E-state index in [1.807, 2.05) is 6.08 Å². The van der Waals surface area contributed by atoms with E-state index >= 15 is 0 Å². The Hall–Kier alpha value is -0.340. The van der Waals surface area contributed by atoms with E-state index < -0.39 is 0 Å². The third kappa shape index (κ3) is 1.72. The first-order valence-corrected chi connectivity index (χ1v) is 6.32. The van der Waals surface area contributed by atoms with Crippen molar-refractivity contribution < 1.29 is 9.84 Å². The number of aliphatic hydroxyl groups excluding tert-OH is 1. The third-order valence-electron chi connectivity index (χ3n) is 4.82. The molecule has 2 rings (SSSR count). The molecule has 2 heteroatoms. The minimum atomic E-state index is -0.367. The summed E-state index contributed by atoms with van der Waals surface area (Å²) in [5, 5.41) is 9.38. The molecule has 92 valence electrons. The second-order valence-corrected chi connectivity index (χ2v) is 6.35. The molecule has 16 heavy (non-hydrogen) atoms. The van der Waals surface area contributed by atoms with Gasteiger partial charge in [0.25, 0.3) is 0 Å². The van der Waals surface area contributed by atoms with Gasteiger partial charge in [0.05, 0.1) is 17.8 Å². The van der Waals surface area contributed by atoms with Gasteiger partial charge >= 0.3 is 0 Å². The SMILES string of the molecule is C[C@H](O)C=C[C@@H]1C(C)(C)[C@H](C)C[C@H]2O[C@@]12C. The van der Waals surface area contributed by atoms with E-state index in [9.17, 15) is 5.11 Å². The Morgan fingerprint density at radius 2 is 2.00 bits per heavy atom. The van der Waals surface area contributed by atoms with Gasteiger partial charge in [-0.2, -0.15) is 0 Å². The molecule has 0 aromatic rings. The fourth-order valence-electron chi connectivity index (χ4n) is 3.21. The average molecular weight is 224 g/mol. The number of hydrogen-bond acceptors (Lipinski definition) is 2. The fraction of sp³-hybridized carbons (Fsp3) is 0.857. The summed E-state index contributed by atoms with van der Waals surface area (Å²) in [6.45, 7) is 11.0. The van der Waals surface area contributed by atoms with Crippen LogP contribution in [0.2, 0.25) is 0 Å². The lowest BCUT2D eigenvalue weighted by molar-refractivity contribution is 0.0813. The fourth-order valence-corrected chi connectivity index (χ4v) is 3.21. The van der Waals surface area contributed by atoms with Crippen LogP contribution in [0, 0.1) is 17.3 Å². The molecule has 0 aromatic carbocycles. The van der Waals surface area contributed by atoms with Crippen LogP contribution < -0.4 is 0 Å². The second kappa shape index (κ2) is 3.58. The van der Waals surface area contributed by atoms with Crippen LogP contribution in [0.1, 0.15) is 41.0 Å². The highest BCUT2D eigenvalue weighted by molar-refractivity contribution is 5.19. The lowest BCUT2D eigenvalue weighted by Gasteiger charge is -2.43. The molecule has 2 nitrogen and oxygen atoms in total. The van der Waals surface area contributed by atoms with E-state index in [0.717, 1.165) is 0 Å². The van der Waals surface area contributed by atoms with Crippen molar-refractivity contribution in [1.82, 2.24) is 0 Å². The van der Waals surface area contributed by atoms with E-state index in [-0.39, 0.29) is 17.1 Å². The highest BCUT2D eigenvalue weighted by Gasteiger charge is 2.65. The maximum absolute atomic E-state index is 9.38. The summed E-state index contributed by atoms with van der Waals surface area (Å²) in [7, 11) is 0. The molecule has 5 atom stereocenters. The summed E-state index contributed by atoms with van der Waals surface area (Å²) in [6.07, 6.45) is 5.30. The van der Waals surface area contributed by atoms with Crippen LogP contribution in [0.3, 0.4) is 0 Å². The van der Waals surface area contributed by atoms with Crippen LogP contribution in [0.25, 0.3) is 0 Å². The zero-order valence-corrected chi connectivity index (χ0v) is 11.0. The summed E-state index contributed by atoms with van der Waals surface area (Å²) in [5.41, 5.74) is 0.258. The Balaban J connectivity index is 2.24. The zero-order valence-electron chi connectivity index (χ0n) is 11.0.